The third-order valence-corrected chi connectivity index (χ3v) is 5.06. The van der Waals surface area contributed by atoms with Crippen molar-refractivity contribution in [1.82, 2.24) is 9.97 Å². The molecule has 5 rings (SSSR count). The molecular weight excluding hydrogens is 340 g/mol. The predicted octanol–water partition coefficient (Wildman–Crippen LogP) is 7.01. The van der Waals surface area contributed by atoms with Gasteiger partial charge in [0.2, 0.25) is 0 Å². The van der Waals surface area contributed by atoms with Crippen LogP contribution in [-0.2, 0) is 0 Å². The van der Waals surface area contributed by atoms with Crippen LogP contribution in [0.1, 0.15) is 0 Å². The molecule has 0 fully saturated rings. The molecule has 28 heavy (non-hydrogen) atoms. The second-order valence-electron chi connectivity index (χ2n) is 6.92. The Hall–Kier alpha value is -3.78. The summed E-state index contributed by atoms with van der Waals surface area (Å²) in [4.78, 5) is 6.84. The number of nitrogens with one attached hydrogen (secondary N) is 2. The minimum Gasteiger partial charge on any atom is -0.361 e. The molecule has 0 saturated carbocycles. The van der Waals surface area contributed by atoms with Gasteiger partial charge in [-0.25, -0.2) is 0 Å². The topological polar surface area (TPSA) is 31.6 Å². The van der Waals surface area contributed by atoms with Crippen LogP contribution in [0.3, 0.4) is 0 Å². The molecule has 2 aromatic heterocycles. The molecule has 2 heterocycles. The molecule has 0 saturated heterocycles. The minimum absolute atomic E-state index is 1.12. The van der Waals surface area contributed by atoms with Gasteiger partial charge in [-0.05, 0) is 51.6 Å². The molecule has 0 amide bonds. The monoisotopic (exact) mass is 360 g/mol. The second kappa shape index (κ2) is 7.09. The third kappa shape index (κ3) is 3.17. The Labute approximate surface area is 164 Å². The van der Waals surface area contributed by atoms with Crippen molar-refractivity contribution in [2.24, 2.45) is 0 Å². The highest BCUT2D eigenvalue weighted by atomic mass is 14.7. The zero-order valence-electron chi connectivity index (χ0n) is 15.4. The minimum atomic E-state index is 1.12. The SMILES string of the molecule is c1ccc(-c2c[nH]c(-c3cccc(-c4cc(-c5ccccc5)c[nH]4)c3)c2)cc1. The van der Waals surface area contributed by atoms with E-state index in [-0.39, 0.29) is 0 Å². The van der Waals surface area contributed by atoms with Crippen LogP contribution in [0.15, 0.2) is 109 Å². The average molecular weight is 360 g/mol. The predicted molar refractivity (Wildman–Crippen MR) is 117 cm³/mol. The van der Waals surface area contributed by atoms with Crippen LogP contribution in [0.4, 0.5) is 0 Å². The molecule has 0 spiro atoms. The van der Waals surface area contributed by atoms with Crippen molar-refractivity contribution in [3.05, 3.63) is 109 Å². The number of hydrogen-bond donors (Lipinski definition) is 2. The fourth-order valence-corrected chi connectivity index (χ4v) is 3.57. The lowest BCUT2D eigenvalue weighted by atomic mass is 10.0. The molecule has 134 valence electrons. The Morgan fingerprint density at radius 2 is 0.786 bits per heavy atom. The normalized spacial score (nSPS) is 10.9. The van der Waals surface area contributed by atoms with Crippen molar-refractivity contribution in [1.29, 1.82) is 0 Å². The molecule has 0 aliphatic rings. The highest BCUT2D eigenvalue weighted by Gasteiger charge is 2.08. The van der Waals surface area contributed by atoms with Crippen molar-refractivity contribution >= 4 is 0 Å². The summed E-state index contributed by atoms with van der Waals surface area (Å²) < 4.78 is 0. The molecule has 2 nitrogen and oxygen atoms in total. The summed E-state index contributed by atoms with van der Waals surface area (Å²) >= 11 is 0. The van der Waals surface area contributed by atoms with Crippen molar-refractivity contribution in [2.75, 3.05) is 0 Å². The summed E-state index contributed by atoms with van der Waals surface area (Å²) in [6, 6.07) is 33.9. The third-order valence-electron chi connectivity index (χ3n) is 5.06. The van der Waals surface area contributed by atoms with E-state index in [9.17, 15) is 0 Å². The Kier molecular flexibility index (Phi) is 4.15. The average Bonchev–Trinajstić information content (AvgIpc) is 3.46. The molecule has 0 radical (unpaired) electrons. The number of rotatable bonds is 4. The summed E-state index contributed by atoms with van der Waals surface area (Å²) in [5.74, 6) is 0. The zero-order chi connectivity index (χ0) is 18.8. The van der Waals surface area contributed by atoms with Gasteiger partial charge < -0.3 is 9.97 Å². The van der Waals surface area contributed by atoms with E-state index in [2.05, 4.69) is 107 Å². The first-order valence-electron chi connectivity index (χ1n) is 9.45. The van der Waals surface area contributed by atoms with Crippen LogP contribution in [0, 0.1) is 0 Å². The van der Waals surface area contributed by atoms with Crippen LogP contribution in [0.25, 0.3) is 44.8 Å². The Bertz CT molecular complexity index is 1100. The van der Waals surface area contributed by atoms with Gasteiger partial charge in [0.1, 0.15) is 0 Å². The Balaban J connectivity index is 1.46. The summed E-state index contributed by atoms with van der Waals surface area (Å²) in [6.07, 6.45) is 4.14. The van der Waals surface area contributed by atoms with Gasteiger partial charge in [0.15, 0.2) is 0 Å². The van der Waals surface area contributed by atoms with Crippen molar-refractivity contribution in [3.63, 3.8) is 0 Å². The lowest BCUT2D eigenvalue weighted by Gasteiger charge is -2.03. The number of H-pyrrole nitrogens is 2. The molecule has 5 aromatic rings. The number of benzene rings is 3. The lowest BCUT2D eigenvalue weighted by Crippen LogP contribution is -1.81. The van der Waals surface area contributed by atoms with E-state index in [1.807, 2.05) is 12.1 Å². The molecule has 0 bridgehead atoms. The lowest BCUT2D eigenvalue weighted by molar-refractivity contribution is 1.38. The van der Waals surface area contributed by atoms with Crippen molar-refractivity contribution in [3.8, 4) is 44.8 Å². The molecule has 2 heteroatoms. The van der Waals surface area contributed by atoms with Crippen molar-refractivity contribution in [2.45, 2.75) is 0 Å². The van der Waals surface area contributed by atoms with E-state index in [0.717, 1.165) is 11.4 Å². The van der Waals surface area contributed by atoms with E-state index in [1.54, 1.807) is 0 Å². The largest absolute Gasteiger partial charge is 0.361 e. The molecule has 0 aliphatic carbocycles. The second-order valence-corrected chi connectivity index (χ2v) is 6.92. The molecule has 0 atom stereocenters. The van der Waals surface area contributed by atoms with E-state index in [0.29, 0.717) is 0 Å². The van der Waals surface area contributed by atoms with Gasteiger partial charge in [-0.2, -0.15) is 0 Å². The fraction of sp³-hybridized carbons (Fsp3) is 0. The quantitative estimate of drug-likeness (QED) is 0.345. The van der Waals surface area contributed by atoms with Crippen LogP contribution in [-0.4, -0.2) is 9.97 Å². The fourth-order valence-electron chi connectivity index (χ4n) is 3.57. The van der Waals surface area contributed by atoms with Gasteiger partial charge in [0, 0.05) is 23.8 Å². The van der Waals surface area contributed by atoms with Gasteiger partial charge in [-0.1, -0.05) is 78.9 Å². The van der Waals surface area contributed by atoms with Crippen LogP contribution >= 0.6 is 0 Å². The van der Waals surface area contributed by atoms with Crippen molar-refractivity contribution < 1.29 is 0 Å². The standard InChI is InChI=1S/C26H20N2/c1-3-8-19(9-4-1)23-15-25(27-17-23)21-12-7-13-22(14-21)26-16-24(18-28-26)20-10-5-2-6-11-20/h1-18,27-28H. The number of aromatic amines is 2. The molecule has 3 aromatic carbocycles. The van der Waals surface area contributed by atoms with E-state index < -0.39 is 0 Å². The van der Waals surface area contributed by atoms with Gasteiger partial charge in [-0.15, -0.1) is 0 Å². The first-order chi connectivity index (χ1) is 13.9. The van der Waals surface area contributed by atoms with Gasteiger partial charge in [0.05, 0.1) is 0 Å². The van der Waals surface area contributed by atoms with Gasteiger partial charge in [-0.3, -0.25) is 0 Å². The maximum absolute atomic E-state index is 3.42. The molecule has 2 N–H and O–H groups in total. The Morgan fingerprint density at radius 1 is 0.357 bits per heavy atom. The summed E-state index contributed by atoms with van der Waals surface area (Å²) in [5.41, 5.74) is 9.44. The maximum atomic E-state index is 3.42. The summed E-state index contributed by atoms with van der Waals surface area (Å²) in [6.45, 7) is 0. The van der Waals surface area contributed by atoms with Gasteiger partial charge >= 0.3 is 0 Å². The van der Waals surface area contributed by atoms with Crippen LogP contribution in [0.5, 0.6) is 0 Å². The molecular formula is C26H20N2. The highest BCUT2D eigenvalue weighted by Crippen LogP contribution is 2.30. The zero-order valence-corrected chi connectivity index (χ0v) is 15.4. The molecule has 0 aliphatic heterocycles. The summed E-state index contributed by atoms with van der Waals surface area (Å²) in [7, 11) is 0. The first kappa shape index (κ1) is 16.4. The van der Waals surface area contributed by atoms with Crippen LogP contribution < -0.4 is 0 Å². The van der Waals surface area contributed by atoms with E-state index >= 15 is 0 Å². The smallest absolute Gasteiger partial charge is 0.0460 e. The van der Waals surface area contributed by atoms with E-state index in [4.69, 9.17) is 0 Å². The first-order valence-corrected chi connectivity index (χ1v) is 9.45. The maximum Gasteiger partial charge on any atom is 0.0460 e. The molecule has 0 unspecified atom stereocenters. The Morgan fingerprint density at radius 3 is 1.25 bits per heavy atom. The van der Waals surface area contributed by atoms with Crippen LogP contribution in [0.2, 0.25) is 0 Å². The summed E-state index contributed by atoms with van der Waals surface area (Å²) in [5, 5.41) is 0. The van der Waals surface area contributed by atoms with E-state index in [1.165, 1.54) is 33.4 Å². The highest BCUT2D eigenvalue weighted by molar-refractivity contribution is 5.77. The number of aromatic nitrogens is 2. The van der Waals surface area contributed by atoms with Gasteiger partial charge in [0.25, 0.3) is 0 Å². The number of hydrogen-bond acceptors (Lipinski definition) is 0.